The quantitative estimate of drug-likeness (QED) is 0.412. The van der Waals surface area contributed by atoms with Crippen molar-refractivity contribution in [3.8, 4) is 11.5 Å². The second-order valence-corrected chi connectivity index (χ2v) is 11.3. The fraction of sp³-hybridized carbons (Fsp3) is 0.500. The highest BCUT2D eigenvalue weighted by atomic mass is 32.2. The predicted octanol–water partition coefficient (Wildman–Crippen LogP) is 3.65. The molecule has 0 aliphatic carbocycles. The van der Waals surface area contributed by atoms with Crippen LogP contribution in [0.2, 0.25) is 0 Å². The third-order valence-corrected chi connectivity index (χ3v) is 7.70. The fourth-order valence-electron chi connectivity index (χ4n) is 4.45. The minimum atomic E-state index is -3.61. The third-order valence-electron chi connectivity index (χ3n) is 6.50. The van der Waals surface area contributed by atoms with Gasteiger partial charge in [-0.15, -0.1) is 0 Å². The molecule has 0 unspecified atom stereocenters. The number of anilines is 1. The molecule has 0 bridgehead atoms. The summed E-state index contributed by atoms with van der Waals surface area (Å²) in [6.45, 7) is 7.65. The van der Waals surface area contributed by atoms with Crippen LogP contribution in [0, 0.1) is 6.92 Å². The zero-order chi connectivity index (χ0) is 27.7. The second kappa shape index (κ2) is 13.5. The molecule has 3 rings (SSSR count). The summed E-state index contributed by atoms with van der Waals surface area (Å²) in [5.41, 5.74) is 2.46. The van der Waals surface area contributed by atoms with E-state index < -0.39 is 16.1 Å². The second-order valence-electron chi connectivity index (χ2n) is 9.43. The molecule has 0 fully saturated rings. The van der Waals surface area contributed by atoms with E-state index in [0.29, 0.717) is 49.9 Å². The molecule has 208 valence electrons. The van der Waals surface area contributed by atoms with E-state index in [9.17, 15) is 18.0 Å². The molecule has 0 aromatic heterocycles. The van der Waals surface area contributed by atoms with Gasteiger partial charge in [0.2, 0.25) is 21.8 Å². The van der Waals surface area contributed by atoms with Crippen molar-refractivity contribution in [1.82, 2.24) is 10.2 Å². The molecule has 38 heavy (non-hydrogen) atoms. The van der Waals surface area contributed by atoms with Gasteiger partial charge in [0.15, 0.2) is 11.5 Å². The van der Waals surface area contributed by atoms with E-state index in [1.165, 1.54) is 4.31 Å². The molecule has 0 spiro atoms. The number of amides is 2. The molecule has 2 aromatic rings. The van der Waals surface area contributed by atoms with E-state index in [1.54, 1.807) is 23.1 Å². The lowest BCUT2D eigenvalue weighted by Gasteiger charge is -2.31. The average Bonchev–Trinajstić information content (AvgIpc) is 2.89. The highest BCUT2D eigenvalue weighted by molar-refractivity contribution is 7.92. The summed E-state index contributed by atoms with van der Waals surface area (Å²) in [5.74, 6) is 0.696. The number of rotatable bonds is 13. The van der Waals surface area contributed by atoms with E-state index in [4.69, 9.17) is 9.47 Å². The molecular formula is C28H39N3O6S. The molecule has 1 N–H and O–H groups in total. The van der Waals surface area contributed by atoms with Gasteiger partial charge in [0.1, 0.15) is 19.3 Å². The normalized spacial score (nSPS) is 13.5. The molecule has 0 saturated heterocycles. The highest BCUT2D eigenvalue weighted by Gasteiger charge is 2.29. The Morgan fingerprint density at radius 2 is 1.76 bits per heavy atom. The van der Waals surface area contributed by atoms with Crippen LogP contribution in [0.15, 0.2) is 42.5 Å². The Balaban J connectivity index is 1.77. The molecular weight excluding hydrogens is 506 g/mol. The molecule has 1 aliphatic rings. The maximum Gasteiger partial charge on any atom is 0.242 e. The lowest BCUT2D eigenvalue weighted by Crippen LogP contribution is -2.49. The van der Waals surface area contributed by atoms with Gasteiger partial charge in [-0.1, -0.05) is 38.1 Å². The summed E-state index contributed by atoms with van der Waals surface area (Å²) >= 11 is 0. The Bertz CT molecular complexity index is 1220. The highest BCUT2D eigenvalue weighted by Crippen LogP contribution is 2.34. The number of carbonyl (C=O) groups excluding carboxylic acids is 2. The lowest BCUT2D eigenvalue weighted by atomic mass is 10.1. The molecule has 2 amide bonds. The van der Waals surface area contributed by atoms with Crippen molar-refractivity contribution in [2.24, 2.45) is 0 Å². The average molecular weight is 546 g/mol. The van der Waals surface area contributed by atoms with Crippen LogP contribution in [0.5, 0.6) is 11.5 Å². The monoisotopic (exact) mass is 545 g/mol. The number of hydrogen-bond acceptors (Lipinski definition) is 6. The molecule has 0 radical (unpaired) electrons. The van der Waals surface area contributed by atoms with Gasteiger partial charge in [-0.05, 0) is 49.4 Å². The van der Waals surface area contributed by atoms with Gasteiger partial charge in [-0.2, -0.15) is 0 Å². The van der Waals surface area contributed by atoms with Crippen molar-refractivity contribution >= 4 is 27.5 Å². The van der Waals surface area contributed by atoms with Crippen LogP contribution in [0.1, 0.15) is 50.7 Å². The van der Waals surface area contributed by atoms with Crippen molar-refractivity contribution in [2.45, 2.75) is 59.0 Å². The van der Waals surface area contributed by atoms with E-state index in [2.05, 4.69) is 5.32 Å². The number of carbonyl (C=O) groups is 2. The lowest BCUT2D eigenvalue weighted by molar-refractivity contribution is -0.141. The number of benzene rings is 2. The molecule has 10 heteroatoms. The van der Waals surface area contributed by atoms with E-state index in [0.717, 1.165) is 23.8 Å². The first kappa shape index (κ1) is 29.3. The van der Waals surface area contributed by atoms with Crippen LogP contribution in [-0.4, -0.2) is 63.7 Å². The first-order valence-electron chi connectivity index (χ1n) is 13.1. The first-order chi connectivity index (χ1) is 18.2. The SMILES string of the molecule is CCCNC(=O)[C@H](CC)N(Cc1ccccc1C)C(=O)CCCN(c1ccc2c(c1)OCCO2)S(C)(=O)=O. The van der Waals surface area contributed by atoms with Crippen molar-refractivity contribution in [1.29, 1.82) is 0 Å². The summed E-state index contributed by atoms with van der Waals surface area (Å²) in [6.07, 6.45) is 2.80. The van der Waals surface area contributed by atoms with E-state index in [1.807, 2.05) is 45.0 Å². The Morgan fingerprint density at radius 3 is 2.42 bits per heavy atom. The largest absolute Gasteiger partial charge is 0.486 e. The van der Waals surface area contributed by atoms with Crippen molar-refractivity contribution in [3.63, 3.8) is 0 Å². The van der Waals surface area contributed by atoms with Gasteiger partial charge in [-0.25, -0.2) is 8.42 Å². The van der Waals surface area contributed by atoms with Gasteiger partial charge < -0.3 is 19.7 Å². The minimum absolute atomic E-state index is 0.0972. The van der Waals surface area contributed by atoms with Gasteiger partial charge >= 0.3 is 0 Å². The minimum Gasteiger partial charge on any atom is -0.486 e. The summed E-state index contributed by atoms with van der Waals surface area (Å²) in [4.78, 5) is 28.1. The molecule has 9 nitrogen and oxygen atoms in total. The van der Waals surface area contributed by atoms with Crippen molar-refractivity contribution in [3.05, 3.63) is 53.6 Å². The third kappa shape index (κ3) is 7.63. The molecule has 1 atom stereocenters. The Kier molecular flexibility index (Phi) is 10.4. The number of sulfonamides is 1. The van der Waals surface area contributed by atoms with Gasteiger partial charge in [0.25, 0.3) is 0 Å². The molecule has 1 aliphatic heterocycles. The zero-order valence-corrected chi connectivity index (χ0v) is 23.6. The number of fused-ring (bicyclic) bond motifs is 1. The predicted molar refractivity (Wildman–Crippen MR) is 148 cm³/mol. The number of ether oxygens (including phenoxy) is 2. The maximum absolute atomic E-state index is 13.5. The Morgan fingerprint density at radius 1 is 1.05 bits per heavy atom. The van der Waals surface area contributed by atoms with Gasteiger partial charge in [-0.3, -0.25) is 13.9 Å². The van der Waals surface area contributed by atoms with Gasteiger partial charge in [0, 0.05) is 32.1 Å². The number of nitrogens with one attached hydrogen (secondary N) is 1. The van der Waals surface area contributed by atoms with Gasteiger partial charge in [0.05, 0.1) is 11.9 Å². The molecule has 0 saturated carbocycles. The summed E-state index contributed by atoms with van der Waals surface area (Å²) < 4.78 is 37.7. The summed E-state index contributed by atoms with van der Waals surface area (Å²) in [7, 11) is -3.61. The standard InChI is InChI=1S/C28H39N3O6S/c1-5-15-29-28(33)24(6-2)30(20-22-11-8-7-10-21(22)3)27(32)12-9-16-31(38(4,34)35)23-13-14-25-26(19-23)37-18-17-36-25/h7-8,10-11,13-14,19,24H,5-6,9,12,15-18,20H2,1-4H3,(H,29,33)/t24-/m0/s1. The maximum atomic E-state index is 13.5. The van der Waals surface area contributed by atoms with Crippen LogP contribution >= 0.6 is 0 Å². The van der Waals surface area contributed by atoms with Crippen LogP contribution in [-0.2, 0) is 26.2 Å². The van der Waals surface area contributed by atoms with Crippen LogP contribution in [0.4, 0.5) is 5.69 Å². The van der Waals surface area contributed by atoms with Crippen molar-refractivity contribution < 1.29 is 27.5 Å². The van der Waals surface area contributed by atoms with Crippen LogP contribution < -0.4 is 19.1 Å². The number of hydrogen-bond donors (Lipinski definition) is 1. The van der Waals surface area contributed by atoms with Crippen LogP contribution in [0.3, 0.4) is 0 Å². The van der Waals surface area contributed by atoms with E-state index in [-0.39, 0.29) is 31.2 Å². The first-order valence-corrected chi connectivity index (χ1v) is 15.0. The molecule has 2 aromatic carbocycles. The molecule has 1 heterocycles. The fourth-order valence-corrected chi connectivity index (χ4v) is 5.40. The Labute approximate surface area is 226 Å². The number of aryl methyl sites for hydroxylation is 1. The Hall–Kier alpha value is -3.27. The topological polar surface area (TPSA) is 105 Å². The smallest absolute Gasteiger partial charge is 0.242 e. The zero-order valence-electron chi connectivity index (χ0n) is 22.7. The van der Waals surface area contributed by atoms with Crippen molar-refractivity contribution in [2.75, 3.05) is 36.9 Å². The van der Waals surface area contributed by atoms with E-state index >= 15 is 0 Å². The number of nitrogens with zero attached hydrogens (tertiary/aromatic N) is 2. The van der Waals surface area contributed by atoms with Crippen LogP contribution in [0.25, 0.3) is 0 Å². The summed E-state index contributed by atoms with van der Waals surface area (Å²) in [6, 6.07) is 12.2. The summed E-state index contributed by atoms with van der Waals surface area (Å²) in [5, 5.41) is 2.92.